The zero-order valence-electron chi connectivity index (χ0n) is 20.1. The summed E-state index contributed by atoms with van der Waals surface area (Å²) in [4.78, 5) is 0. The molecule has 33 heavy (non-hydrogen) atoms. The first-order valence-electron chi connectivity index (χ1n) is 11.1. The summed E-state index contributed by atoms with van der Waals surface area (Å²) in [5.41, 5.74) is 1.15. The average Bonchev–Trinajstić information content (AvgIpc) is 2.72. The minimum Gasteiger partial charge on any atom is -0.384 e. The van der Waals surface area contributed by atoms with Crippen LogP contribution in [-0.4, -0.2) is 16.3 Å². The van der Waals surface area contributed by atoms with Gasteiger partial charge in [0.2, 0.25) is 0 Å². The predicted octanol–water partition coefficient (Wildman–Crippen LogP) is 7.17. The van der Waals surface area contributed by atoms with Crippen molar-refractivity contribution in [2.45, 2.75) is 53.2 Å². The summed E-state index contributed by atoms with van der Waals surface area (Å²) in [5, 5.41) is 24.1. The van der Waals surface area contributed by atoms with E-state index in [4.69, 9.17) is 23.2 Å². The number of hydrogen-bond acceptors (Lipinski definition) is 2. The molecule has 0 bridgehead atoms. The molecule has 0 aliphatic heterocycles. The molecule has 1 aliphatic rings. The number of halogens is 2. The SMILES string of the molecule is CC(C)(C)C1=CC(C#CC(O)(c2ccc(Cl)cc2)c2ccc(Cl)cc2)C=C(C(C)(C)C)C1O. The fourth-order valence-corrected chi connectivity index (χ4v) is 4.32. The smallest absolute Gasteiger partial charge is 0.176 e. The Kier molecular flexibility index (Phi) is 7.23. The van der Waals surface area contributed by atoms with Gasteiger partial charge in [-0.05, 0) is 46.2 Å². The molecule has 0 unspecified atom stereocenters. The Morgan fingerprint density at radius 3 is 1.39 bits per heavy atom. The number of aliphatic hydroxyl groups excluding tert-OH is 1. The third kappa shape index (κ3) is 5.73. The first kappa shape index (κ1) is 25.6. The van der Waals surface area contributed by atoms with E-state index in [2.05, 4.69) is 53.4 Å². The van der Waals surface area contributed by atoms with Crippen LogP contribution in [-0.2, 0) is 5.60 Å². The van der Waals surface area contributed by atoms with Gasteiger partial charge < -0.3 is 10.2 Å². The van der Waals surface area contributed by atoms with E-state index in [0.29, 0.717) is 21.2 Å². The Hall–Kier alpha value is -2.02. The molecule has 0 heterocycles. The van der Waals surface area contributed by atoms with Crippen LogP contribution in [0.15, 0.2) is 71.8 Å². The van der Waals surface area contributed by atoms with Crippen LogP contribution in [0.1, 0.15) is 52.7 Å². The van der Waals surface area contributed by atoms with E-state index >= 15 is 0 Å². The first-order chi connectivity index (χ1) is 15.2. The lowest BCUT2D eigenvalue weighted by Gasteiger charge is -2.37. The average molecular weight is 483 g/mol. The van der Waals surface area contributed by atoms with Gasteiger partial charge in [-0.3, -0.25) is 0 Å². The van der Waals surface area contributed by atoms with Gasteiger partial charge in [0, 0.05) is 21.2 Å². The van der Waals surface area contributed by atoms with Crippen molar-refractivity contribution in [2.75, 3.05) is 0 Å². The largest absolute Gasteiger partial charge is 0.384 e. The van der Waals surface area contributed by atoms with Gasteiger partial charge in [-0.25, -0.2) is 0 Å². The van der Waals surface area contributed by atoms with Crippen molar-refractivity contribution in [2.24, 2.45) is 16.7 Å². The van der Waals surface area contributed by atoms with Crippen LogP contribution < -0.4 is 0 Å². The van der Waals surface area contributed by atoms with E-state index in [0.717, 1.165) is 11.1 Å². The van der Waals surface area contributed by atoms with E-state index in [1.165, 1.54) is 0 Å². The number of allylic oxidation sites excluding steroid dienone is 2. The number of rotatable bonds is 2. The summed E-state index contributed by atoms with van der Waals surface area (Å²) < 4.78 is 0. The van der Waals surface area contributed by atoms with Crippen LogP contribution >= 0.6 is 23.2 Å². The van der Waals surface area contributed by atoms with Gasteiger partial charge in [-0.15, -0.1) is 0 Å². The van der Waals surface area contributed by atoms with Crippen LogP contribution in [0.25, 0.3) is 0 Å². The first-order valence-corrected chi connectivity index (χ1v) is 11.9. The molecule has 0 spiro atoms. The lowest BCUT2D eigenvalue weighted by atomic mass is 9.70. The summed E-state index contributed by atoms with van der Waals surface area (Å²) in [5.74, 6) is 6.18. The Morgan fingerprint density at radius 1 is 0.697 bits per heavy atom. The Morgan fingerprint density at radius 2 is 1.06 bits per heavy atom. The molecular formula is C29H32Cl2O2. The van der Waals surface area contributed by atoms with Crippen molar-refractivity contribution in [1.29, 1.82) is 0 Å². The van der Waals surface area contributed by atoms with Crippen LogP contribution in [0.5, 0.6) is 0 Å². The summed E-state index contributed by atoms with van der Waals surface area (Å²) in [6.45, 7) is 12.6. The molecule has 0 amide bonds. The van der Waals surface area contributed by atoms with E-state index in [1.807, 2.05) is 12.2 Å². The molecule has 0 radical (unpaired) electrons. The molecule has 2 aromatic carbocycles. The summed E-state index contributed by atoms with van der Waals surface area (Å²) in [6.07, 6.45) is 3.41. The zero-order chi connectivity index (χ0) is 24.6. The topological polar surface area (TPSA) is 40.5 Å². The van der Waals surface area contributed by atoms with Gasteiger partial charge in [0.25, 0.3) is 0 Å². The third-order valence-electron chi connectivity index (χ3n) is 5.98. The van der Waals surface area contributed by atoms with E-state index < -0.39 is 11.7 Å². The predicted molar refractivity (Wildman–Crippen MR) is 138 cm³/mol. The van der Waals surface area contributed by atoms with Crippen molar-refractivity contribution >= 4 is 23.2 Å². The highest BCUT2D eigenvalue weighted by molar-refractivity contribution is 6.30. The van der Waals surface area contributed by atoms with Crippen LogP contribution in [0, 0.1) is 28.6 Å². The van der Waals surface area contributed by atoms with Crippen LogP contribution in [0.4, 0.5) is 0 Å². The highest BCUT2D eigenvalue weighted by Crippen LogP contribution is 2.41. The Bertz CT molecular complexity index is 1040. The Labute approximate surface area is 208 Å². The minimum atomic E-state index is -1.54. The van der Waals surface area contributed by atoms with E-state index in [9.17, 15) is 10.2 Å². The fraction of sp³-hybridized carbons (Fsp3) is 0.379. The normalized spacial score (nSPS) is 19.3. The molecule has 0 atom stereocenters. The van der Waals surface area contributed by atoms with E-state index in [-0.39, 0.29) is 16.7 Å². The molecule has 0 saturated carbocycles. The second-order valence-corrected chi connectivity index (χ2v) is 11.5. The Balaban J connectivity index is 2.15. The number of hydrogen-bond donors (Lipinski definition) is 2. The molecule has 0 saturated heterocycles. The quantitative estimate of drug-likeness (QED) is 0.351. The summed E-state index contributed by atoms with van der Waals surface area (Å²) in [7, 11) is 0. The van der Waals surface area contributed by atoms with Gasteiger partial charge in [0.05, 0.1) is 12.0 Å². The molecule has 174 valence electrons. The molecule has 0 fully saturated rings. The van der Waals surface area contributed by atoms with Gasteiger partial charge in [-0.1, -0.05) is 113 Å². The summed E-state index contributed by atoms with van der Waals surface area (Å²) >= 11 is 12.2. The highest BCUT2D eigenvalue weighted by Gasteiger charge is 2.35. The molecule has 1 aliphatic carbocycles. The van der Waals surface area contributed by atoms with Crippen LogP contribution in [0.3, 0.4) is 0 Å². The zero-order valence-corrected chi connectivity index (χ0v) is 21.6. The molecule has 4 heteroatoms. The number of benzene rings is 2. The van der Waals surface area contributed by atoms with Gasteiger partial charge in [0.15, 0.2) is 5.60 Å². The van der Waals surface area contributed by atoms with E-state index in [1.54, 1.807) is 48.5 Å². The standard InChI is InChI=1S/C29H32Cl2O2/c1-27(2,3)24-17-19(18-25(26(24)32)28(4,5)6)15-16-29(33,20-7-11-22(30)12-8-20)21-9-13-23(31)14-10-21/h7-14,17-19,26,32-33H,1-6H3. The van der Waals surface area contributed by atoms with Crippen molar-refractivity contribution in [1.82, 2.24) is 0 Å². The fourth-order valence-electron chi connectivity index (χ4n) is 4.07. The molecule has 0 aromatic heterocycles. The second kappa shape index (κ2) is 9.32. The lowest BCUT2D eigenvalue weighted by molar-refractivity contribution is 0.145. The molecule has 3 rings (SSSR count). The number of aliphatic hydroxyl groups is 2. The molecule has 2 aromatic rings. The maximum Gasteiger partial charge on any atom is 0.176 e. The van der Waals surface area contributed by atoms with Crippen molar-refractivity contribution in [3.63, 3.8) is 0 Å². The van der Waals surface area contributed by atoms with Crippen molar-refractivity contribution in [3.05, 3.63) is 93.0 Å². The van der Waals surface area contributed by atoms with Crippen molar-refractivity contribution in [3.8, 4) is 11.8 Å². The maximum atomic E-state index is 11.8. The maximum absolute atomic E-state index is 11.8. The summed E-state index contributed by atoms with van der Waals surface area (Å²) in [6, 6.07) is 14.1. The highest BCUT2D eigenvalue weighted by atomic mass is 35.5. The van der Waals surface area contributed by atoms with Gasteiger partial charge >= 0.3 is 0 Å². The van der Waals surface area contributed by atoms with Crippen LogP contribution in [0.2, 0.25) is 10.0 Å². The second-order valence-electron chi connectivity index (χ2n) is 10.7. The molecule has 2 N–H and O–H groups in total. The van der Waals surface area contributed by atoms with Crippen molar-refractivity contribution < 1.29 is 10.2 Å². The molecule has 2 nitrogen and oxygen atoms in total. The monoisotopic (exact) mass is 482 g/mol. The molecular weight excluding hydrogens is 451 g/mol. The van der Waals surface area contributed by atoms with Gasteiger partial charge in [-0.2, -0.15) is 0 Å². The van der Waals surface area contributed by atoms with Gasteiger partial charge in [0.1, 0.15) is 0 Å². The lowest BCUT2D eigenvalue weighted by Crippen LogP contribution is -2.33. The third-order valence-corrected chi connectivity index (χ3v) is 6.49. The minimum absolute atomic E-state index is 0.216.